The summed E-state index contributed by atoms with van der Waals surface area (Å²) in [6.45, 7) is 2.19. The summed E-state index contributed by atoms with van der Waals surface area (Å²) in [5, 5.41) is 5.07. The van der Waals surface area contributed by atoms with Crippen LogP contribution in [0.1, 0.15) is 5.56 Å². The Balaban J connectivity index is 1.09. The number of rotatable bonds is 6. The van der Waals surface area contributed by atoms with Crippen molar-refractivity contribution in [1.82, 2.24) is 9.55 Å². The molecule has 0 saturated carbocycles. The molecule has 0 N–H and O–H groups in total. The van der Waals surface area contributed by atoms with Crippen molar-refractivity contribution in [2.24, 2.45) is 0 Å². The van der Waals surface area contributed by atoms with Gasteiger partial charge in [0.1, 0.15) is 5.82 Å². The molecule has 0 saturated heterocycles. The van der Waals surface area contributed by atoms with Gasteiger partial charge < -0.3 is 0 Å². The molecule has 0 bridgehead atoms. The Hall–Kier alpha value is -7.03. The standard InChI is InChI=1S/C52H36N2/c1-35-22-29-44-46(32-35)50(38-14-6-2-7-15-38)45-30-27-41(33-47(45)51(44)39-16-8-3-9-17-39)36-23-25-37(26-24-36)42-28-31-49-48(34-42)53-52(40-18-10-4-11-19-40)54(49)43-20-12-5-13-21-43/h2-34H,1H3. The largest absolute Gasteiger partial charge is 0.292 e. The lowest BCUT2D eigenvalue weighted by molar-refractivity contribution is 1.10. The minimum absolute atomic E-state index is 0.939. The number of fused-ring (bicyclic) bond motifs is 3. The van der Waals surface area contributed by atoms with E-state index in [4.69, 9.17) is 4.98 Å². The predicted molar refractivity (Wildman–Crippen MR) is 228 cm³/mol. The van der Waals surface area contributed by atoms with Crippen LogP contribution in [0.25, 0.3) is 94.2 Å². The van der Waals surface area contributed by atoms with Gasteiger partial charge in [-0.15, -0.1) is 0 Å². The molecule has 9 aromatic carbocycles. The van der Waals surface area contributed by atoms with Gasteiger partial charge in [0.05, 0.1) is 11.0 Å². The molecular formula is C52H36N2. The molecule has 0 fully saturated rings. The Bertz CT molecular complexity index is 2950. The maximum Gasteiger partial charge on any atom is 0.145 e. The van der Waals surface area contributed by atoms with Crippen molar-refractivity contribution in [2.75, 3.05) is 0 Å². The zero-order valence-corrected chi connectivity index (χ0v) is 29.9. The Kier molecular flexibility index (Phi) is 7.74. The van der Waals surface area contributed by atoms with Crippen molar-refractivity contribution >= 4 is 32.6 Å². The molecule has 0 aliphatic carbocycles. The van der Waals surface area contributed by atoms with Crippen LogP contribution in [0.4, 0.5) is 0 Å². The number of aromatic nitrogens is 2. The molecule has 0 aliphatic rings. The molecule has 10 rings (SSSR count). The molecule has 0 unspecified atom stereocenters. The first-order chi connectivity index (χ1) is 26.7. The predicted octanol–water partition coefficient (Wildman–Crippen LogP) is 14.0. The highest BCUT2D eigenvalue weighted by atomic mass is 15.1. The van der Waals surface area contributed by atoms with Crippen LogP contribution in [0.2, 0.25) is 0 Å². The molecule has 0 spiro atoms. The fraction of sp³-hybridized carbons (Fsp3) is 0.0192. The maximum atomic E-state index is 5.19. The molecule has 10 aromatic rings. The normalized spacial score (nSPS) is 11.4. The summed E-state index contributed by atoms with van der Waals surface area (Å²) in [5.41, 5.74) is 15.2. The van der Waals surface area contributed by atoms with E-state index in [1.54, 1.807) is 0 Å². The van der Waals surface area contributed by atoms with Crippen LogP contribution < -0.4 is 0 Å². The van der Waals surface area contributed by atoms with E-state index in [2.05, 4.69) is 206 Å². The summed E-state index contributed by atoms with van der Waals surface area (Å²) >= 11 is 0. The topological polar surface area (TPSA) is 17.8 Å². The summed E-state index contributed by atoms with van der Waals surface area (Å²) in [7, 11) is 0. The Morgan fingerprint density at radius 1 is 0.352 bits per heavy atom. The third-order valence-electron chi connectivity index (χ3n) is 10.6. The van der Waals surface area contributed by atoms with Crippen LogP contribution in [0.3, 0.4) is 0 Å². The molecule has 0 aliphatic heterocycles. The number of hydrogen-bond donors (Lipinski definition) is 0. The summed E-state index contributed by atoms with van der Waals surface area (Å²) in [6.07, 6.45) is 0. The molecule has 254 valence electrons. The molecular weight excluding hydrogens is 653 g/mol. The van der Waals surface area contributed by atoms with Crippen molar-refractivity contribution in [3.05, 3.63) is 206 Å². The monoisotopic (exact) mass is 688 g/mol. The first-order valence-electron chi connectivity index (χ1n) is 18.5. The quantitative estimate of drug-likeness (QED) is 0.159. The van der Waals surface area contributed by atoms with Crippen LogP contribution in [0.15, 0.2) is 200 Å². The Morgan fingerprint density at radius 2 is 0.815 bits per heavy atom. The van der Waals surface area contributed by atoms with Crippen LogP contribution in [0, 0.1) is 6.92 Å². The molecule has 1 heterocycles. The van der Waals surface area contributed by atoms with E-state index >= 15 is 0 Å². The van der Waals surface area contributed by atoms with E-state index in [9.17, 15) is 0 Å². The molecule has 2 heteroatoms. The van der Waals surface area contributed by atoms with Gasteiger partial charge in [-0.2, -0.15) is 0 Å². The number of benzene rings is 9. The molecule has 0 radical (unpaired) electrons. The number of para-hydroxylation sites is 1. The molecule has 2 nitrogen and oxygen atoms in total. The van der Waals surface area contributed by atoms with E-state index in [-0.39, 0.29) is 0 Å². The lowest BCUT2D eigenvalue weighted by Crippen LogP contribution is -1.97. The average molecular weight is 689 g/mol. The third-order valence-corrected chi connectivity index (χ3v) is 10.6. The van der Waals surface area contributed by atoms with Gasteiger partial charge in [0.15, 0.2) is 0 Å². The van der Waals surface area contributed by atoms with Crippen molar-refractivity contribution < 1.29 is 0 Å². The summed E-state index contributed by atoms with van der Waals surface area (Å²) in [6, 6.07) is 72.1. The molecule has 0 atom stereocenters. The smallest absolute Gasteiger partial charge is 0.145 e. The van der Waals surface area contributed by atoms with Gasteiger partial charge in [-0.05, 0) is 103 Å². The first kappa shape index (κ1) is 31.7. The van der Waals surface area contributed by atoms with Gasteiger partial charge in [-0.1, -0.05) is 175 Å². The maximum absolute atomic E-state index is 5.19. The highest BCUT2D eigenvalue weighted by molar-refractivity contribution is 6.22. The number of nitrogens with zero attached hydrogens (tertiary/aromatic N) is 2. The molecule has 0 amide bonds. The summed E-state index contributed by atoms with van der Waals surface area (Å²) in [5.74, 6) is 0.939. The second kappa shape index (κ2) is 13.2. The van der Waals surface area contributed by atoms with Crippen LogP contribution in [0.5, 0.6) is 0 Å². The van der Waals surface area contributed by atoms with Crippen LogP contribution in [-0.2, 0) is 0 Å². The van der Waals surface area contributed by atoms with Gasteiger partial charge in [-0.3, -0.25) is 4.57 Å². The minimum Gasteiger partial charge on any atom is -0.292 e. The highest BCUT2D eigenvalue weighted by Crippen LogP contribution is 2.45. The highest BCUT2D eigenvalue weighted by Gasteiger charge is 2.19. The van der Waals surface area contributed by atoms with Gasteiger partial charge >= 0.3 is 0 Å². The van der Waals surface area contributed by atoms with E-state index in [0.29, 0.717) is 0 Å². The van der Waals surface area contributed by atoms with E-state index in [1.165, 1.54) is 60.5 Å². The number of hydrogen-bond acceptors (Lipinski definition) is 1. The second-order valence-corrected chi connectivity index (χ2v) is 14.0. The molecule has 54 heavy (non-hydrogen) atoms. The lowest BCUT2D eigenvalue weighted by atomic mass is 9.84. The zero-order valence-electron chi connectivity index (χ0n) is 29.9. The average Bonchev–Trinajstić information content (AvgIpc) is 3.63. The van der Waals surface area contributed by atoms with Crippen LogP contribution >= 0.6 is 0 Å². The van der Waals surface area contributed by atoms with Crippen molar-refractivity contribution in [3.8, 4) is 61.6 Å². The first-order valence-corrected chi connectivity index (χ1v) is 18.5. The fourth-order valence-corrected chi connectivity index (χ4v) is 8.09. The zero-order chi connectivity index (χ0) is 36.0. The van der Waals surface area contributed by atoms with Gasteiger partial charge in [-0.25, -0.2) is 4.98 Å². The van der Waals surface area contributed by atoms with E-state index in [1.807, 2.05) is 6.07 Å². The SMILES string of the molecule is Cc1ccc2c(-c3ccccc3)c3cc(-c4ccc(-c5ccc6c(c5)nc(-c5ccccc5)n6-c5ccccc5)cc4)ccc3c(-c3ccccc3)c2c1. The number of imidazole rings is 1. The van der Waals surface area contributed by atoms with E-state index in [0.717, 1.165) is 39.2 Å². The minimum atomic E-state index is 0.939. The lowest BCUT2D eigenvalue weighted by Gasteiger charge is -2.19. The number of aryl methyl sites for hydroxylation is 1. The fourth-order valence-electron chi connectivity index (χ4n) is 8.09. The van der Waals surface area contributed by atoms with Gasteiger partial charge in [0.25, 0.3) is 0 Å². The summed E-state index contributed by atoms with van der Waals surface area (Å²) in [4.78, 5) is 5.19. The molecule has 1 aromatic heterocycles. The van der Waals surface area contributed by atoms with E-state index < -0.39 is 0 Å². The van der Waals surface area contributed by atoms with Crippen LogP contribution in [-0.4, -0.2) is 9.55 Å². The second-order valence-electron chi connectivity index (χ2n) is 14.0. The third kappa shape index (κ3) is 5.48. The van der Waals surface area contributed by atoms with Crippen molar-refractivity contribution in [1.29, 1.82) is 0 Å². The Labute approximate surface area is 315 Å². The summed E-state index contributed by atoms with van der Waals surface area (Å²) < 4.78 is 2.26. The van der Waals surface area contributed by atoms with Gasteiger partial charge in [0.2, 0.25) is 0 Å². The Morgan fingerprint density at radius 3 is 1.41 bits per heavy atom. The van der Waals surface area contributed by atoms with Gasteiger partial charge in [0, 0.05) is 11.3 Å². The van der Waals surface area contributed by atoms with Crippen molar-refractivity contribution in [2.45, 2.75) is 6.92 Å². The van der Waals surface area contributed by atoms with Crippen molar-refractivity contribution in [3.63, 3.8) is 0 Å².